The van der Waals surface area contributed by atoms with Gasteiger partial charge in [0.15, 0.2) is 0 Å². The Bertz CT molecular complexity index is 966. The smallest absolute Gasteiger partial charge is 0.408 e. The van der Waals surface area contributed by atoms with Gasteiger partial charge in [-0.25, -0.2) is 10.3 Å². The van der Waals surface area contributed by atoms with Crippen LogP contribution in [0, 0.1) is 0 Å². The van der Waals surface area contributed by atoms with Gasteiger partial charge in [0.1, 0.15) is 23.1 Å². The molecule has 9 heteroatoms. The molecule has 184 valence electrons. The number of hydrogen-bond acceptors (Lipinski definition) is 6. The Morgan fingerprint density at radius 3 is 1.94 bits per heavy atom. The van der Waals surface area contributed by atoms with Gasteiger partial charge in [-0.15, -0.1) is 0 Å². The summed E-state index contributed by atoms with van der Waals surface area (Å²) in [6, 6.07) is 13.8. The number of benzene rings is 2. The first-order valence-corrected chi connectivity index (χ1v) is 11.0. The minimum atomic E-state index is -0.767. The predicted molar refractivity (Wildman–Crippen MR) is 127 cm³/mol. The molecule has 0 heterocycles. The number of carbonyl (C=O) groups excluding carboxylic acids is 3. The second kappa shape index (κ2) is 12.0. The van der Waals surface area contributed by atoms with Gasteiger partial charge in [-0.2, -0.15) is 0 Å². The first-order valence-electron chi connectivity index (χ1n) is 11.0. The zero-order valence-electron chi connectivity index (χ0n) is 20.3. The van der Waals surface area contributed by atoms with Crippen LogP contribution in [-0.2, 0) is 27.2 Å². The summed E-state index contributed by atoms with van der Waals surface area (Å²) in [4.78, 5) is 37.3. The molecular weight excluding hydrogens is 438 g/mol. The molecule has 0 aliphatic heterocycles. The van der Waals surface area contributed by atoms with Crippen molar-refractivity contribution >= 4 is 17.9 Å². The van der Waals surface area contributed by atoms with Crippen molar-refractivity contribution in [2.45, 2.75) is 51.7 Å². The molecule has 0 spiro atoms. The number of rotatable bonds is 9. The summed E-state index contributed by atoms with van der Waals surface area (Å²) >= 11 is 0. The second-order valence-electron chi connectivity index (χ2n) is 9.06. The quantitative estimate of drug-likeness (QED) is 0.381. The summed E-state index contributed by atoms with van der Waals surface area (Å²) in [6.45, 7) is 5.28. The molecule has 2 aromatic rings. The van der Waals surface area contributed by atoms with E-state index in [0.717, 1.165) is 11.1 Å². The van der Waals surface area contributed by atoms with Crippen LogP contribution in [-0.4, -0.2) is 53.8 Å². The van der Waals surface area contributed by atoms with Crippen LogP contribution < -0.4 is 15.5 Å². The third kappa shape index (κ3) is 9.11. The van der Waals surface area contributed by atoms with Crippen LogP contribution in [0.4, 0.5) is 4.79 Å². The molecule has 0 aliphatic carbocycles. The largest absolute Gasteiger partial charge is 0.457 e. The number of carbonyl (C=O) groups is 3. The van der Waals surface area contributed by atoms with Gasteiger partial charge in [0, 0.05) is 26.9 Å². The molecule has 0 radical (unpaired) electrons. The molecule has 0 unspecified atom stereocenters. The van der Waals surface area contributed by atoms with Crippen molar-refractivity contribution in [3.63, 3.8) is 0 Å². The van der Waals surface area contributed by atoms with Crippen molar-refractivity contribution in [3.8, 4) is 11.5 Å². The van der Waals surface area contributed by atoms with Gasteiger partial charge in [-0.1, -0.05) is 24.3 Å². The van der Waals surface area contributed by atoms with E-state index < -0.39 is 23.6 Å². The van der Waals surface area contributed by atoms with E-state index in [9.17, 15) is 14.4 Å². The first-order chi connectivity index (χ1) is 16.0. The van der Waals surface area contributed by atoms with Gasteiger partial charge in [0.25, 0.3) is 0 Å². The van der Waals surface area contributed by atoms with E-state index in [1.807, 2.05) is 24.3 Å². The molecule has 0 saturated heterocycles. The average molecular weight is 472 g/mol. The lowest BCUT2D eigenvalue weighted by atomic mass is 10.0. The fourth-order valence-electron chi connectivity index (χ4n) is 3.06. The molecule has 3 N–H and O–H groups in total. The van der Waals surface area contributed by atoms with E-state index in [2.05, 4.69) is 5.32 Å². The number of alkyl carbamates (subject to hydrolysis) is 1. The van der Waals surface area contributed by atoms with Crippen LogP contribution in [0.25, 0.3) is 0 Å². The van der Waals surface area contributed by atoms with E-state index in [0.29, 0.717) is 24.3 Å². The first kappa shape index (κ1) is 26.7. The lowest BCUT2D eigenvalue weighted by Gasteiger charge is -2.25. The maximum atomic E-state index is 12.6. The second-order valence-corrected chi connectivity index (χ2v) is 9.06. The van der Waals surface area contributed by atoms with Crippen molar-refractivity contribution in [2.24, 2.45) is 0 Å². The van der Waals surface area contributed by atoms with Gasteiger partial charge < -0.3 is 19.7 Å². The summed E-state index contributed by atoms with van der Waals surface area (Å²) in [6.07, 6.45) is 0.351. The number of ether oxygens (including phenoxy) is 2. The van der Waals surface area contributed by atoms with Gasteiger partial charge in [0.05, 0.1) is 0 Å². The van der Waals surface area contributed by atoms with Crippen LogP contribution in [0.1, 0.15) is 38.3 Å². The summed E-state index contributed by atoms with van der Waals surface area (Å²) < 4.78 is 11.2. The Kier molecular flexibility index (Phi) is 9.44. The van der Waals surface area contributed by atoms with Gasteiger partial charge in [-0.3, -0.25) is 14.8 Å². The van der Waals surface area contributed by atoms with Crippen molar-refractivity contribution in [2.75, 3.05) is 14.1 Å². The highest BCUT2D eigenvalue weighted by Crippen LogP contribution is 2.23. The van der Waals surface area contributed by atoms with E-state index in [1.165, 1.54) is 4.90 Å². The molecule has 0 aromatic heterocycles. The molecule has 0 saturated carbocycles. The molecule has 0 bridgehead atoms. The molecule has 1 atom stereocenters. The van der Waals surface area contributed by atoms with E-state index in [4.69, 9.17) is 14.7 Å². The SMILES string of the molecule is CN(C)C(=O)[C@H](Cc1ccc(Oc2ccc(CCC(=O)NO)cc2)cc1)NC(=O)OC(C)(C)C. The van der Waals surface area contributed by atoms with E-state index in [1.54, 1.807) is 64.6 Å². The number of hydrogen-bond donors (Lipinski definition) is 3. The van der Waals surface area contributed by atoms with Gasteiger partial charge in [0.2, 0.25) is 11.8 Å². The Hall–Kier alpha value is -3.59. The van der Waals surface area contributed by atoms with Crippen molar-refractivity contribution < 1.29 is 29.1 Å². The minimum Gasteiger partial charge on any atom is -0.457 e. The van der Waals surface area contributed by atoms with Crippen LogP contribution >= 0.6 is 0 Å². The highest BCUT2D eigenvalue weighted by molar-refractivity contribution is 5.85. The maximum absolute atomic E-state index is 12.6. The summed E-state index contributed by atoms with van der Waals surface area (Å²) in [5, 5.41) is 11.2. The average Bonchev–Trinajstić information content (AvgIpc) is 2.77. The number of nitrogens with one attached hydrogen (secondary N) is 2. The number of aryl methyl sites for hydroxylation is 1. The third-order valence-electron chi connectivity index (χ3n) is 4.72. The molecule has 34 heavy (non-hydrogen) atoms. The highest BCUT2D eigenvalue weighted by Gasteiger charge is 2.25. The van der Waals surface area contributed by atoms with E-state index in [-0.39, 0.29) is 12.3 Å². The normalized spacial score (nSPS) is 11.8. The lowest BCUT2D eigenvalue weighted by molar-refractivity contribution is -0.131. The van der Waals surface area contributed by atoms with Gasteiger partial charge in [-0.05, 0) is 62.6 Å². The Labute approximate surface area is 200 Å². The number of amides is 3. The predicted octanol–water partition coefficient (Wildman–Crippen LogP) is 3.44. The number of nitrogens with zero attached hydrogens (tertiary/aromatic N) is 1. The van der Waals surface area contributed by atoms with Crippen molar-refractivity contribution in [1.82, 2.24) is 15.7 Å². The number of likely N-dealkylation sites (N-methyl/N-ethyl adjacent to an activating group) is 1. The molecule has 0 aliphatic rings. The molecule has 9 nitrogen and oxygen atoms in total. The zero-order valence-corrected chi connectivity index (χ0v) is 20.3. The van der Waals surface area contributed by atoms with Crippen molar-refractivity contribution in [3.05, 3.63) is 59.7 Å². The van der Waals surface area contributed by atoms with Crippen LogP contribution in [0.2, 0.25) is 0 Å². The topological polar surface area (TPSA) is 117 Å². The highest BCUT2D eigenvalue weighted by atomic mass is 16.6. The molecule has 2 rings (SSSR count). The van der Waals surface area contributed by atoms with Crippen molar-refractivity contribution in [1.29, 1.82) is 0 Å². The summed E-state index contributed by atoms with van der Waals surface area (Å²) in [5.74, 6) is 0.584. The van der Waals surface area contributed by atoms with Gasteiger partial charge >= 0.3 is 6.09 Å². The zero-order chi connectivity index (χ0) is 25.3. The minimum absolute atomic E-state index is 0.193. The fourth-order valence-corrected chi connectivity index (χ4v) is 3.06. The van der Waals surface area contributed by atoms with Crippen LogP contribution in [0.15, 0.2) is 48.5 Å². The molecular formula is C25H33N3O6. The fraction of sp³-hybridized carbons (Fsp3) is 0.400. The Morgan fingerprint density at radius 2 is 1.47 bits per heavy atom. The van der Waals surface area contributed by atoms with Crippen LogP contribution in [0.5, 0.6) is 11.5 Å². The number of hydroxylamine groups is 1. The summed E-state index contributed by atoms with van der Waals surface area (Å²) in [7, 11) is 3.27. The molecule has 2 aromatic carbocycles. The third-order valence-corrected chi connectivity index (χ3v) is 4.72. The monoisotopic (exact) mass is 471 g/mol. The maximum Gasteiger partial charge on any atom is 0.408 e. The Morgan fingerprint density at radius 1 is 0.941 bits per heavy atom. The standard InChI is InChI=1S/C25H33N3O6/c1-25(2,3)34-24(31)26-21(23(30)28(4)5)16-18-8-13-20(14-9-18)33-19-11-6-17(7-12-19)10-15-22(29)27-32/h6-9,11-14,21,32H,10,15-16H2,1-5H3,(H,26,31)(H,27,29)/t21-/m0/s1. The molecule has 3 amide bonds. The Balaban J connectivity index is 2.00. The molecule has 0 fully saturated rings. The van der Waals surface area contributed by atoms with E-state index >= 15 is 0 Å². The lowest BCUT2D eigenvalue weighted by Crippen LogP contribution is -2.48. The summed E-state index contributed by atoms with van der Waals surface area (Å²) in [5.41, 5.74) is 2.74. The van der Waals surface area contributed by atoms with Crippen LogP contribution in [0.3, 0.4) is 0 Å².